The van der Waals surface area contributed by atoms with Gasteiger partial charge in [-0.05, 0) is 38.5 Å². The van der Waals surface area contributed by atoms with Crippen molar-refractivity contribution in [1.82, 2.24) is 10.2 Å². The predicted octanol–water partition coefficient (Wildman–Crippen LogP) is 3.50. The molecule has 2 rings (SSSR count). The van der Waals surface area contributed by atoms with Crippen LogP contribution in [0, 0.1) is 0 Å². The molecule has 0 aliphatic carbocycles. The van der Waals surface area contributed by atoms with Gasteiger partial charge in [0.25, 0.3) is 0 Å². The maximum Gasteiger partial charge on any atom is 0.205 e. The van der Waals surface area contributed by atoms with Crippen LogP contribution in [0.3, 0.4) is 0 Å². The molecule has 1 atom stereocenters. The summed E-state index contributed by atoms with van der Waals surface area (Å²) in [6, 6.07) is 8.32. The summed E-state index contributed by atoms with van der Waals surface area (Å²) in [5, 5.41) is 11.9. The van der Waals surface area contributed by atoms with Crippen LogP contribution in [-0.4, -0.2) is 16.3 Å². The van der Waals surface area contributed by atoms with Gasteiger partial charge in [0.2, 0.25) is 5.13 Å². The third-order valence-electron chi connectivity index (χ3n) is 2.45. The summed E-state index contributed by atoms with van der Waals surface area (Å²) in [5.74, 6) is 0.900. The molecule has 0 aliphatic heterocycles. The van der Waals surface area contributed by atoms with Crippen LogP contribution >= 0.6 is 11.3 Å². The first kappa shape index (κ1) is 12.8. The van der Waals surface area contributed by atoms with Gasteiger partial charge in [-0.1, -0.05) is 23.5 Å². The number of hydrogen-bond donors (Lipinski definition) is 1. The van der Waals surface area contributed by atoms with Gasteiger partial charge in [-0.25, -0.2) is 0 Å². The number of ether oxygens (including phenoxy) is 1. The van der Waals surface area contributed by atoms with E-state index in [4.69, 9.17) is 4.74 Å². The molecule has 0 aliphatic rings. The third-order valence-corrected chi connectivity index (χ3v) is 3.07. The van der Waals surface area contributed by atoms with Gasteiger partial charge >= 0.3 is 0 Å². The molecule has 0 saturated carbocycles. The summed E-state index contributed by atoms with van der Waals surface area (Å²) in [7, 11) is 0. The smallest absolute Gasteiger partial charge is 0.205 e. The van der Waals surface area contributed by atoms with Crippen LogP contribution in [0.4, 0.5) is 5.13 Å². The zero-order chi connectivity index (χ0) is 13.0. The van der Waals surface area contributed by atoms with Gasteiger partial charge in [0.1, 0.15) is 11.3 Å². The molecular formula is C13H17N3OS. The Morgan fingerprint density at radius 1 is 1.17 bits per heavy atom. The fraction of sp³-hybridized carbons (Fsp3) is 0.385. The van der Waals surface area contributed by atoms with Crippen LogP contribution in [0.5, 0.6) is 5.75 Å². The maximum absolute atomic E-state index is 5.61. The fourth-order valence-electron chi connectivity index (χ4n) is 1.61. The topological polar surface area (TPSA) is 47.0 Å². The molecule has 2 aromatic rings. The molecule has 18 heavy (non-hydrogen) atoms. The zero-order valence-corrected chi connectivity index (χ0v) is 11.6. The van der Waals surface area contributed by atoms with Crippen molar-refractivity contribution in [1.29, 1.82) is 0 Å². The highest BCUT2D eigenvalue weighted by Gasteiger charge is 2.07. The number of rotatable bonds is 5. The number of nitrogens with zero attached hydrogens (tertiary/aromatic N) is 2. The minimum Gasteiger partial charge on any atom is -0.491 e. The lowest BCUT2D eigenvalue weighted by atomic mass is 10.1. The molecular weight excluding hydrogens is 246 g/mol. The van der Waals surface area contributed by atoms with E-state index in [0.29, 0.717) is 0 Å². The highest BCUT2D eigenvalue weighted by Crippen LogP contribution is 2.22. The van der Waals surface area contributed by atoms with E-state index in [-0.39, 0.29) is 12.1 Å². The second-order valence-corrected chi connectivity index (χ2v) is 5.18. The Balaban J connectivity index is 2.00. The van der Waals surface area contributed by atoms with Crippen LogP contribution in [-0.2, 0) is 0 Å². The monoisotopic (exact) mass is 263 g/mol. The first-order chi connectivity index (χ1) is 8.65. The van der Waals surface area contributed by atoms with Gasteiger partial charge in [-0.2, -0.15) is 0 Å². The molecule has 0 saturated heterocycles. The fourth-order valence-corrected chi connectivity index (χ4v) is 2.14. The normalized spacial score (nSPS) is 12.4. The summed E-state index contributed by atoms with van der Waals surface area (Å²) >= 11 is 1.50. The van der Waals surface area contributed by atoms with Gasteiger partial charge in [0.15, 0.2) is 0 Å². The van der Waals surface area contributed by atoms with Gasteiger partial charge in [0.05, 0.1) is 12.1 Å². The molecule has 1 N–H and O–H groups in total. The second-order valence-electron chi connectivity index (χ2n) is 4.35. The first-order valence-corrected chi connectivity index (χ1v) is 6.82. The summed E-state index contributed by atoms with van der Waals surface area (Å²) in [6.45, 7) is 6.14. The van der Waals surface area contributed by atoms with Crippen molar-refractivity contribution in [3.05, 3.63) is 35.3 Å². The number of benzene rings is 1. The van der Waals surface area contributed by atoms with Crippen molar-refractivity contribution in [2.75, 3.05) is 5.32 Å². The Morgan fingerprint density at radius 2 is 1.89 bits per heavy atom. The number of nitrogens with one attached hydrogen (secondary N) is 1. The van der Waals surface area contributed by atoms with Crippen molar-refractivity contribution in [2.24, 2.45) is 0 Å². The summed E-state index contributed by atoms with van der Waals surface area (Å²) in [5.41, 5.74) is 2.91. The minimum atomic E-state index is 0.200. The van der Waals surface area contributed by atoms with Crippen molar-refractivity contribution in [2.45, 2.75) is 32.9 Å². The molecule has 1 aromatic carbocycles. The molecule has 0 bridgehead atoms. The second kappa shape index (κ2) is 5.82. The van der Waals surface area contributed by atoms with Crippen molar-refractivity contribution in [3.63, 3.8) is 0 Å². The largest absolute Gasteiger partial charge is 0.491 e. The standard InChI is InChI=1S/C13H17N3OS/c1-9(2)17-12-6-4-11(5-7-12)10(3)15-13-16-14-8-18-13/h4-10H,1-3H3,(H,15,16). The summed E-state index contributed by atoms with van der Waals surface area (Å²) < 4.78 is 5.61. The molecule has 4 nitrogen and oxygen atoms in total. The van der Waals surface area contributed by atoms with E-state index >= 15 is 0 Å². The molecule has 0 radical (unpaired) electrons. The van der Waals surface area contributed by atoms with E-state index in [1.165, 1.54) is 16.9 Å². The van der Waals surface area contributed by atoms with Crippen LogP contribution in [0.1, 0.15) is 32.4 Å². The van der Waals surface area contributed by atoms with Crippen molar-refractivity contribution < 1.29 is 4.74 Å². The number of hydrogen-bond acceptors (Lipinski definition) is 5. The van der Waals surface area contributed by atoms with Gasteiger partial charge in [-0.3, -0.25) is 0 Å². The minimum absolute atomic E-state index is 0.200. The van der Waals surface area contributed by atoms with E-state index in [1.807, 2.05) is 26.0 Å². The van der Waals surface area contributed by atoms with Crippen LogP contribution in [0.25, 0.3) is 0 Å². The quantitative estimate of drug-likeness (QED) is 0.897. The number of aromatic nitrogens is 2. The van der Waals surface area contributed by atoms with Gasteiger partial charge in [0, 0.05) is 0 Å². The summed E-state index contributed by atoms with van der Waals surface area (Å²) in [4.78, 5) is 0. The lowest BCUT2D eigenvalue weighted by molar-refractivity contribution is 0.242. The summed E-state index contributed by atoms with van der Waals surface area (Å²) in [6.07, 6.45) is 0.202. The first-order valence-electron chi connectivity index (χ1n) is 5.94. The van der Waals surface area contributed by atoms with E-state index in [0.717, 1.165) is 10.9 Å². The van der Waals surface area contributed by atoms with E-state index in [9.17, 15) is 0 Å². The molecule has 1 heterocycles. The van der Waals surface area contributed by atoms with E-state index < -0.39 is 0 Å². The Bertz CT molecular complexity index is 467. The Morgan fingerprint density at radius 3 is 2.44 bits per heavy atom. The third kappa shape index (κ3) is 3.43. The average Bonchev–Trinajstić information content (AvgIpc) is 2.82. The molecule has 0 spiro atoms. The number of anilines is 1. The van der Waals surface area contributed by atoms with Crippen molar-refractivity contribution >= 4 is 16.5 Å². The average molecular weight is 263 g/mol. The molecule has 0 fully saturated rings. The molecule has 5 heteroatoms. The Hall–Kier alpha value is -1.62. The Labute approximate surface area is 111 Å². The highest BCUT2D eigenvalue weighted by atomic mass is 32.1. The molecule has 0 amide bonds. The van der Waals surface area contributed by atoms with Gasteiger partial charge in [-0.15, -0.1) is 10.2 Å². The lowest BCUT2D eigenvalue weighted by Crippen LogP contribution is -2.08. The van der Waals surface area contributed by atoms with E-state index in [1.54, 1.807) is 5.51 Å². The predicted molar refractivity (Wildman–Crippen MR) is 74.2 cm³/mol. The SMILES string of the molecule is CC(C)Oc1ccc(C(C)Nc2nncs2)cc1. The lowest BCUT2D eigenvalue weighted by Gasteiger charge is -2.14. The molecule has 1 unspecified atom stereocenters. The van der Waals surface area contributed by atoms with Crippen LogP contribution in [0.2, 0.25) is 0 Å². The molecule has 96 valence electrons. The van der Waals surface area contributed by atoms with Gasteiger partial charge < -0.3 is 10.1 Å². The zero-order valence-electron chi connectivity index (χ0n) is 10.8. The highest BCUT2D eigenvalue weighted by molar-refractivity contribution is 7.13. The molecule has 1 aromatic heterocycles. The van der Waals surface area contributed by atoms with Crippen LogP contribution < -0.4 is 10.1 Å². The van der Waals surface area contributed by atoms with Crippen LogP contribution in [0.15, 0.2) is 29.8 Å². The van der Waals surface area contributed by atoms with E-state index in [2.05, 4.69) is 34.6 Å². The maximum atomic E-state index is 5.61. The Kier molecular flexibility index (Phi) is 4.15. The van der Waals surface area contributed by atoms with Crippen molar-refractivity contribution in [3.8, 4) is 5.75 Å².